The van der Waals surface area contributed by atoms with E-state index in [1.807, 2.05) is 13.8 Å². The van der Waals surface area contributed by atoms with E-state index in [1.54, 1.807) is 6.07 Å². The Morgan fingerprint density at radius 1 is 1.29 bits per heavy atom. The van der Waals surface area contributed by atoms with Crippen molar-refractivity contribution in [2.24, 2.45) is 0 Å². The minimum absolute atomic E-state index is 0.242. The van der Waals surface area contributed by atoms with Gasteiger partial charge in [0.05, 0.1) is 10.0 Å². The van der Waals surface area contributed by atoms with E-state index in [4.69, 9.17) is 32.7 Å². The molecule has 1 heterocycles. The first-order chi connectivity index (χ1) is 6.61. The minimum atomic E-state index is 0.242. The average Bonchev–Trinajstić information content (AvgIpc) is 2.52. The molecule has 0 N–H and O–H groups in total. The third-order valence-corrected chi connectivity index (χ3v) is 2.97. The normalized spacial score (nSPS) is 13.8. The molecule has 1 aromatic rings. The van der Waals surface area contributed by atoms with Crippen LogP contribution in [0, 0.1) is 0 Å². The van der Waals surface area contributed by atoms with Gasteiger partial charge in [-0.25, -0.2) is 0 Å². The van der Waals surface area contributed by atoms with Crippen molar-refractivity contribution in [3.63, 3.8) is 0 Å². The summed E-state index contributed by atoms with van der Waals surface area (Å²) in [6.07, 6.45) is 0. The summed E-state index contributed by atoms with van der Waals surface area (Å²) in [6, 6.07) is 1.69. The highest BCUT2D eigenvalue weighted by atomic mass is 35.5. The second-order valence-electron chi connectivity index (χ2n) is 3.47. The van der Waals surface area contributed by atoms with Gasteiger partial charge in [-0.3, -0.25) is 0 Å². The SMILES string of the molecule is CC(C)c1c(Cl)c(Cl)cc2c1OCO2. The monoisotopic (exact) mass is 232 g/mol. The van der Waals surface area contributed by atoms with Gasteiger partial charge in [0.25, 0.3) is 0 Å². The van der Waals surface area contributed by atoms with Crippen molar-refractivity contribution < 1.29 is 9.47 Å². The summed E-state index contributed by atoms with van der Waals surface area (Å²) in [5.41, 5.74) is 0.923. The average molecular weight is 233 g/mol. The van der Waals surface area contributed by atoms with Gasteiger partial charge in [-0.1, -0.05) is 37.0 Å². The van der Waals surface area contributed by atoms with E-state index in [9.17, 15) is 0 Å². The maximum Gasteiger partial charge on any atom is 0.231 e. The van der Waals surface area contributed by atoms with Gasteiger partial charge in [-0.05, 0) is 5.92 Å². The maximum atomic E-state index is 6.10. The molecule has 0 saturated carbocycles. The molecular formula is C10H10Cl2O2. The first-order valence-electron chi connectivity index (χ1n) is 4.38. The highest BCUT2D eigenvalue weighted by molar-refractivity contribution is 6.42. The van der Waals surface area contributed by atoms with Crippen LogP contribution in [-0.4, -0.2) is 6.79 Å². The van der Waals surface area contributed by atoms with E-state index in [1.165, 1.54) is 0 Å². The summed E-state index contributed by atoms with van der Waals surface area (Å²) >= 11 is 12.1. The van der Waals surface area contributed by atoms with Crippen molar-refractivity contribution in [3.05, 3.63) is 21.7 Å². The van der Waals surface area contributed by atoms with Crippen molar-refractivity contribution in [1.29, 1.82) is 0 Å². The molecule has 0 bridgehead atoms. The number of hydrogen-bond acceptors (Lipinski definition) is 2. The molecule has 2 nitrogen and oxygen atoms in total. The van der Waals surface area contributed by atoms with Gasteiger partial charge < -0.3 is 9.47 Å². The van der Waals surface area contributed by atoms with Crippen LogP contribution in [0.4, 0.5) is 0 Å². The fourth-order valence-corrected chi connectivity index (χ4v) is 2.09. The predicted molar refractivity (Wildman–Crippen MR) is 56.7 cm³/mol. The van der Waals surface area contributed by atoms with Crippen LogP contribution in [0.1, 0.15) is 25.3 Å². The topological polar surface area (TPSA) is 18.5 Å². The molecule has 0 aromatic heterocycles. The summed E-state index contributed by atoms with van der Waals surface area (Å²) < 4.78 is 10.6. The van der Waals surface area contributed by atoms with Crippen molar-refractivity contribution in [1.82, 2.24) is 0 Å². The highest BCUT2D eigenvalue weighted by Crippen LogP contribution is 2.46. The van der Waals surface area contributed by atoms with E-state index in [2.05, 4.69) is 0 Å². The second kappa shape index (κ2) is 3.52. The smallest absolute Gasteiger partial charge is 0.231 e. The molecule has 14 heavy (non-hydrogen) atoms. The zero-order valence-corrected chi connectivity index (χ0v) is 9.45. The Bertz CT molecular complexity index is 375. The Labute approximate surface area is 92.7 Å². The lowest BCUT2D eigenvalue weighted by atomic mass is 10.0. The fourth-order valence-electron chi connectivity index (χ4n) is 1.53. The van der Waals surface area contributed by atoms with Crippen molar-refractivity contribution in [2.75, 3.05) is 6.79 Å². The molecule has 0 atom stereocenters. The summed E-state index contributed by atoms with van der Waals surface area (Å²) in [7, 11) is 0. The molecule has 0 saturated heterocycles. The lowest BCUT2D eigenvalue weighted by molar-refractivity contribution is 0.173. The van der Waals surface area contributed by atoms with Crippen LogP contribution in [0.2, 0.25) is 10.0 Å². The molecule has 0 spiro atoms. The van der Waals surface area contributed by atoms with E-state index < -0.39 is 0 Å². The minimum Gasteiger partial charge on any atom is -0.454 e. The van der Waals surface area contributed by atoms with Crippen LogP contribution in [-0.2, 0) is 0 Å². The molecule has 0 amide bonds. The third kappa shape index (κ3) is 1.43. The Morgan fingerprint density at radius 2 is 2.00 bits per heavy atom. The fraction of sp³-hybridized carbons (Fsp3) is 0.400. The van der Waals surface area contributed by atoms with Crippen LogP contribution < -0.4 is 9.47 Å². The molecule has 1 aliphatic rings. The number of fused-ring (bicyclic) bond motifs is 1. The summed E-state index contributed by atoms with van der Waals surface area (Å²) in [6.45, 7) is 4.32. The van der Waals surface area contributed by atoms with Crippen LogP contribution in [0.25, 0.3) is 0 Å². The number of rotatable bonds is 1. The first-order valence-corrected chi connectivity index (χ1v) is 5.14. The van der Waals surface area contributed by atoms with Crippen molar-refractivity contribution >= 4 is 23.2 Å². The molecule has 0 fully saturated rings. The van der Waals surface area contributed by atoms with E-state index in [0.29, 0.717) is 15.8 Å². The van der Waals surface area contributed by atoms with Gasteiger partial charge in [-0.15, -0.1) is 0 Å². The molecule has 76 valence electrons. The van der Waals surface area contributed by atoms with Gasteiger partial charge in [0.2, 0.25) is 6.79 Å². The second-order valence-corrected chi connectivity index (χ2v) is 4.26. The maximum absolute atomic E-state index is 6.10. The number of hydrogen-bond donors (Lipinski definition) is 0. The quantitative estimate of drug-likeness (QED) is 0.733. The van der Waals surface area contributed by atoms with Crippen molar-refractivity contribution in [2.45, 2.75) is 19.8 Å². The van der Waals surface area contributed by atoms with Gasteiger partial charge in [0, 0.05) is 11.6 Å². The Hall–Kier alpha value is -0.600. The standard InChI is InChI=1S/C10H10Cl2O2/c1-5(2)8-9(12)6(11)3-7-10(8)14-4-13-7/h3,5H,4H2,1-2H3. The Kier molecular flexibility index (Phi) is 2.50. The van der Waals surface area contributed by atoms with Gasteiger partial charge in [-0.2, -0.15) is 0 Å². The summed E-state index contributed by atoms with van der Waals surface area (Å²) in [5, 5.41) is 1.07. The number of ether oxygens (including phenoxy) is 2. The molecule has 4 heteroatoms. The van der Waals surface area contributed by atoms with Crippen LogP contribution in [0.3, 0.4) is 0 Å². The molecule has 1 aliphatic heterocycles. The molecule has 0 radical (unpaired) electrons. The molecule has 2 rings (SSSR count). The van der Waals surface area contributed by atoms with Crippen LogP contribution >= 0.6 is 23.2 Å². The number of benzene rings is 1. The molecule has 0 unspecified atom stereocenters. The Morgan fingerprint density at radius 3 is 2.64 bits per heavy atom. The largest absolute Gasteiger partial charge is 0.454 e. The molecular weight excluding hydrogens is 223 g/mol. The summed E-state index contributed by atoms with van der Waals surface area (Å²) in [4.78, 5) is 0. The zero-order chi connectivity index (χ0) is 10.3. The lowest BCUT2D eigenvalue weighted by Gasteiger charge is -2.12. The van der Waals surface area contributed by atoms with E-state index in [0.717, 1.165) is 11.3 Å². The van der Waals surface area contributed by atoms with Gasteiger partial charge >= 0.3 is 0 Å². The highest BCUT2D eigenvalue weighted by Gasteiger charge is 2.24. The van der Waals surface area contributed by atoms with Crippen LogP contribution in [0.5, 0.6) is 11.5 Å². The van der Waals surface area contributed by atoms with Crippen LogP contribution in [0.15, 0.2) is 6.07 Å². The Balaban J connectivity index is 2.66. The van der Waals surface area contributed by atoms with E-state index >= 15 is 0 Å². The third-order valence-electron chi connectivity index (χ3n) is 2.17. The molecule has 1 aromatic carbocycles. The van der Waals surface area contributed by atoms with Gasteiger partial charge in [0.1, 0.15) is 0 Å². The van der Waals surface area contributed by atoms with E-state index in [-0.39, 0.29) is 12.7 Å². The first kappa shape index (κ1) is 9.94. The summed E-state index contributed by atoms with van der Waals surface area (Å²) in [5.74, 6) is 1.68. The lowest BCUT2D eigenvalue weighted by Crippen LogP contribution is -1.96. The van der Waals surface area contributed by atoms with Crippen molar-refractivity contribution in [3.8, 4) is 11.5 Å². The van der Waals surface area contributed by atoms with Gasteiger partial charge in [0.15, 0.2) is 11.5 Å². The predicted octanol–water partition coefficient (Wildman–Crippen LogP) is 3.85. The molecule has 0 aliphatic carbocycles. The number of halogens is 2. The zero-order valence-electron chi connectivity index (χ0n) is 7.93.